The summed E-state index contributed by atoms with van der Waals surface area (Å²) in [6.07, 6.45) is 2.40. The number of benzene rings is 1. The van der Waals surface area contributed by atoms with Gasteiger partial charge in [-0.25, -0.2) is 17.7 Å². The van der Waals surface area contributed by atoms with Crippen LogP contribution < -0.4 is 5.32 Å². The lowest BCUT2D eigenvalue weighted by Crippen LogP contribution is -2.22. The molecule has 0 unspecified atom stereocenters. The Morgan fingerprint density at radius 3 is 2.79 bits per heavy atom. The zero-order valence-corrected chi connectivity index (χ0v) is 18.4. The van der Waals surface area contributed by atoms with E-state index in [4.69, 9.17) is 4.98 Å². The van der Waals surface area contributed by atoms with E-state index in [1.54, 1.807) is 35.2 Å². The second kappa shape index (κ2) is 7.62. The molecule has 1 fully saturated rings. The first kappa shape index (κ1) is 19.6. The van der Waals surface area contributed by atoms with Crippen LogP contribution in [0, 0.1) is 0 Å². The molecule has 4 rings (SSSR count). The molecule has 150 valence electrons. The molecule has 1 aromatic carbocycles. The maximum absolute atomic E-state index is 12.4. The third kappa shape index (κ3) is 3.88. The Bertz CT molecular complexity index is 1100. The molecule has 0 bridgehead atoms. The van der Waals surface area contributed by atoms with Crippen molar-refractivity contribution < 1.29 is 8.42 Å². The van der Waals surface area contributed by atoms with Crippen molar-refractivity contribution in [2.45, 2.75) is 47.3 Å². The summed E-state index contributed by atoms with van der Waals surface area (Å²) in [5, 5.41) is 12.6. The Labute approximate surface area is 172 Å². The number of rotatable bonds is 8. The standard InChI is InChI=1S/C17H22N6O2S3/c1-4-23-14-8-7-12(28(24,25)22(2)3)9-13(14)19-15(23)10-26-17-21-20-16(27-17)18-11-5-6-11/h7-9,11H,4-6,10H2,1-3H3,(H,18,20). The first-order chi connectivity index (χ1) is 13.4. The van der Waals surface area contributed by atoms with E-state index in [0.717, 1.165) is 27.4 Å². The second-order valence-corrected chi connectivity index (χ2v) is 11.1. The Balaban J connectivity index is 1.56. The quantitative estimate of drug-likeness (QED) is 0.540. The SMILES string of the molecule is CCn1c(CSc2nnc(NC3CC3)s2)nc2cc(S(=O)(=O)N(C)C)ccc21. The van der Waals surface area contributed by atoms with Gasteiger partial charge in [0.1, 0.15) is 5.82 Å². The summed E-state index contributed by atoms with van der Waals surface area (Å²) in [7, 11) is -0.424. The predicted octanol–water partition coefficient (Wildman–Crippen LogP) is 3.02. The minimum absolute atomic E-state index is 0.255. The average Bonchev–Trinajstić information content (AvgIpc) is 3.24. The fraction of sp³-hybridized carbons (Fsp3) is 0.471. The fourth-order valence-corrected chi connectivity index (χ4v) is 5.55. The molecule has 2 heterocycles. The average molecular weight is 439 g/mol. The Hall–Kier alpha value is -1.69. The molecule has 1 N–H and O–H groups in total. The number of nitrogens with zero attached hydrogens (tertiary/aromatic N) is 5. The molecule has 0 radical (unpaired) electrons. The third-order valence-corrected chi connectivity index (χ3v) is 8.32. The molecule has 8 nitrogen and oxygen atoms in total. The summed E-state index contributed by atoms with van der Waals surface area (Å²) in [5.41, 5.74) is 1.62. The molecule has 1 aliphatic rings. The van der Waals surface area contributed by atoms with Gasteiger partial charge in [-0.2, -0.15) is 0 Å². The number of nitrogens with one attached hydrogen (secondary N) is 1. The molecule has 1 saturated carbocycles. The predicted molar refractivity (Wildman–Crippen MR) is 112 cm³/mol. The molecule has 11 heteroatoms. The van der Waals surface area contributed by atoms with Crippen molar-refractivity contribution in [1.82, 2.24) is 24.1 Å². The Morgan fingerprint density at radius 2 is 2.11 bits per heavy atom. The highest BCUT2D eigenvalue weighted by Crippen LogP contribution is 2.32. The zero-order valence-electron chi connectivity index (χ0n) is 15.9. The molecule has 0 atom stereocenters. The number of hydrogen-bond acceptors (Lipinski definition) is 8. The molecule has 0 saturated heterocycles. The zero-order chi connectivity index (χ0) is 19.9. The summed E-state index contributed by atoms with van der Waals surface area (Å²) in [6.45, 7) is 2.82. The van der Waals surface area contributed by atoms with Crippen LogP contribution in [-0.2, 0) is 22.3 Å². The van der Waals surface area contributed by atoms with Gasteiger partial charge in [-0.3, -0.25) is 0 Å². The summed E-state index contributed by atoms with van der Waals surface area (Å²) >= 11 is 3.15. The van der Waals surface area contributed by atoms with Crippen LogP contribution in [0.15, 0.2) is 27.4 Å². The molecule has 0 amide bonds. The fourth-order valence-electron chi connectivity index (χ4n) is 2.85. The van der Waals surface area contributed by atoms with Crippen LogP contribution in [0.5, 0.6) is 0 Å². The van der Waals surface area contributed by atoms with E-state index < -0.39 is 10.0 Å². The highest BCUT2D eigenvalue weighted by Gasteiger charge is 2.23. The number of aryl methyl sites for hydroxylation is 1. The number of hydrogen-bond donors (Lipinski definition) is 1. The molecule has 0 spiro atoms. The summed E-state index contributed by atoms with van der Waals surface area (Å²) in [6, 6.07) is 5.68. The number of aromatic nitrogens is 4. The highest BCUT2D eigenvalue weighted by atomic mass is 32.2. The van der Waals surface area contributed by atoms with E-state index >= 15 is 0 Å². The minimum atomic E-state index is -3.48. The summed E-state index contributed by atoms with van der Waals surface area (Å²) < 4.78 is 29.0. The highest BCUT2D eigenvalue weighted by molar-refractivity contribution is 8.00. The first-order valence-corrected chi connectivity index (χ1v) is 12.3. The lowest BCUT2D eigenvalue weighted by molar-refractivity contribution is 0.521. The number of fused-ring (bicyclic) bond motifs is 1. The van der Waals surface area contributed by atoms with Gasteiger partial charge >= 0.3 is 0 Å². The van der Waals surface area contributed by atoms with Crippen LogP contribution in [0.3, 0.4) is 0 Å². The van der Waals surface area contributed by atoms with Gasteiger partial charge in [0.05, 0.1) is 21.7 Å². The largest absolute Gasteiger partial charge is 0.357 e. The normalized spacial score (nSPS) is 14.9. The summed E-state index contributed by atoms with van der Waals surface area (Å²) in [5.74, 6) is 1.55. The van der Waals surface area contributed by atoms with Gasteiger partial charge in [0, 0.05) is 26.7 Å². The first-order valence-electron chi connectivity index (χ1n) is 9.03. The molecular weight excluding hydrogens is 416 g/mol. The van der Waals surface area contributed by atoms with Crippen molar-refractivity contribution in [3.8, 4) is 0 Å². The van der Waals surface area contributed by atoms with E-state index in [9.17, 15) is 8.42 Å². The van der Waals surface area contributed by atoms with Crippen molar-refractivity contribution in [2.24, 2.45) is 0 Å². The van der Waals surface area contributed by atoms with E-state index in [-0.39, 0.29) is 4.90 Å². The summed E-state index contributed by atoms with van der Waals surface area (Å²) in [4.78, 5) is 4.95. The van der Waals surface area contributed by atoms with Gasteiger partial charge in [-0.05, 0) is 38.0 Å². The van der Waals surface area contributed by atoms with Crippen LogP contribution in [0.1, 0.15) is 25.6 Å². The monoisotopic (exact) mass is 438 g/mol. The lowest BCUT2D eigenvalue weighted by Gasteiger charge is -2.11. The van der Waals surface area contributed by atoms with Crippen LogP contribution in [0.2, 0.25) is 0 Å². The van der Waals surface area contributed by atoms with Crippen molar-refractivity contribution in [3.63, 3.8) is 0 Å². The topological polar surface area (TPSA) is 93.0 Å². The Morgan fingerprint density at radius 1 is 1.32 bits per heavy atom. The number of thioether (sulfide) groups is 1. The second-order valence-electron chi connectivity index (χ2n) is 6.79. The van der Waals surface area contributed by atoms with E-state index in [0.29, 0.717) is 17.3 Å². The molecule has 28 heavy (non-hydrogen) atoms. The van der Waals surface area contributed by atoms with Crippen LogP contribution in [0.4, 0.5) is 5.13 Å². The van der Waals surface area contributed by atoms with Crippen molar-refractivity contribution in [3.05, 3.63) is 24.0 Å². The molecule has 2 aromatic heterocycles. The van der Waals surface area contributed by atoms with Gasteiger partial charge in [0.15, 0.2) is 4.34 Å². The molecule has 0 aliphatic heterocycles. The number of sulfonamides is 1. The van der Waals surface area contributed by atoms with Gasteiger partial charge < -0.3 is 9.88 Å². The van der Waals surface area contributed by atoms with Crippen LogP contribution in [-0.4, -0.2) is 52.6 Å². The van der Waals surface area contributed by atoms with E-state index in [1.165, 1.54) is 31.2 Å². The van der Waals surface area contributed by atoms with Crippen LogP contribution >= 0.6 is 23.1 Å². The van der Waals surface area contributed by atoms with Crippen molar-refractivity contribution in [2.75, 3.05) is 19.4 Å². The molecule has 3 aromatic rings. The van der Waals surface area contributed by atoms with Gasteiger partial charge in [-0.1, -0.05) is 23.1 Å². The third-order valence-electron chi connectivity index (χ3n) is 4.53. The smallest absolute Gasteiger partial charge is 0.242 e. The van der Waals surface area contributed by atoms with Crippen molar-refractivity contribution >= 4 is 49.3 Å². The maximum Gasteiger partial charge on any atom is 0.242 e. The number of imidazole rings is 1. The molecular formula is C17H22N6O2S3. The van der Waals surface area contributed by atoms with Gasteiger partial charge in [0.2, 0.25) is 15.2 Å². The Kier molecular flexibility index (Phi) is 5.34. The van der Waals surface area contributed by atoms with Crippen molar-refractivity contribution in [1.29, 1.82) is 0 Å². The van der Waals surface area contributed by atoms with Gasteiger partial charge in [0.25, 0.3) is 0 Å². The van der Waals surface area contributed by atoms with Gasteiger partial charge in [-0.15, -0.1) is 10.2 Å². The van der Waals surface area contributed by atoms with E-state index in [2.05, 4.69) is 27.0 Å². The minimum Gasteiger partial charge on any atom is -0.357 e. The molecule has 1 aliphatic carbocycles. The lowest BCUT2D eigenvalue weighted by atomic mass is 10.3. The van der Waals surface area contributed by atoms with E-state index in [1.807, 2.05) is 6.07 Å². The number of anilines is 1. The van der Waals surface area contributed by atoms with Crippen LogP contribution in [0.25, 0.3) is 11.0 Å². The maximum atomic E-state index is 12.4.